The summed E-state index contributed by atoms with van der Waals surface area (Å²) < 4.78 is 36.1. The first-order chi connectivity index (χ1) is 42.3. The highest BCUT2D eigenvalue weighted by Gasteiger charge is 2.95. The molecule has 37 rings (SSSR count). The fraction of sp³-hybridized carbons (Fsp3) is 0.289. The van der Waals surface area contributed by atoms with E-state index in [9.17, 15) is 4.74 Å². The van der Waals surface area contributed by atoms with Gasteiger partial charge in [0.05, 0.1) is 75.0 Å². The predicted octanol–water partition coefficient (Wildman–Crippen LogP) is 12.2. The maximum Gasteiger partial charge on any atom is 0.159 e. The Balaban J connectivity index is 1.03. The first-order valence-electron chi connectivity index (χ1n) is 32.6. The summed E-state index contributed by atoms with van der Waals surface area (Å²) in [5.74, 6) is 0. The molecule has 5 fully saturated rings. The van der Waals surface area contributed by atoms with Crippen LogP contribution >= 0.6 is 0 Å². The van der Waals surface area contributed by atoms with Crippen LogP contribution in [-0.2, 0) is 51.4 Å². The number of benzene rings is 15. The van der Waals surface area contributed by atoms with Gasteiger partial charge in [-0.1, -0.05) is 0 Å². The quantitative estimate of drug-likeness (QED) is 0.127. The third-order valence-corrected chi connectivity index (χ3v) is 30.7. The molecule has 386 valence electrons. The molecule has 6 atom stereocenters. The van der Waals surface area contributed by atoms with Crippen LogP contribution in [0.1, 0.15) is 55.6 Å². The highest BCUT2D eigenvalue weighted by atomic mass is 16.6. The molecule has 2 unspecified atom stereocenters. The lowest BCUT2D eigenvalue weighted by atomic mass is 9.51. The Morgan fingerprint density at radius 3 is 0.600 bits per heavy atom. The molecule has 21 aromatic rings. The van der Waals surface area contributed by atoms with Gasteiger partial charge in [-0.2, -0.15) is 0 Å². The predicted molar refractivity (Wildman–Crippen MR) is 329 cm³/mol. The number of ether oxygens (including phenoxy) is 5. The van der Waals surface area contributed by atoms with E-state index in [1.54, 1.807) is 293 Å². The molecule has 0 saturated carbocycles. The monoisotopic (exact) mass is 1080 g/mol. The number of hydrogen-bond donors (Lipinski definition) is 0. The standard InChI is InChI=1S/C76H32N4O5/c1-9-81-10-2-77(1)71-57-47-37-27-22-17-18-20-21-19(17)24-30-28(22)38(37)48-50-40(30)42-32(24)34-26(21)36-35-25(20)33-31-23(18)29(27)39-41(31)51-53-43(33)45(35)55-56-46(36)44(34)54-52(42)62-60(50)72(58(48)57,78-3-11-82-12-4-78)68-67(71)69-73(61(51)59(71)49(39)47,79-5-13-83-14-6-79)63(53)65(55)75-66(56)64(54)74(62,70(68)76(69,75)85-75)80-7-15-84-16-8-80/h1-16H2/t71-,72+,73-,74+,75?,76?. The molecule has 21 aromatic carbocycles. The van der Waals surface area contributed by atoms with Crippen LogP contribution in [0.15, 0.2) is 22.3 Å². The Hall–Kier alpha value is -7.38. The third kappa shape index (κ3) is 2.11. The lowest BCUT2D eigenvalue weighted by molar-refractivity contribution is -0.0222. The van der Waals surface area contributed by atoms with Crippen molar-refractivity contribution in [3.05, 3.63) is 77.9 Å². The summed E-state index contributed by atoms with van der Waals surface area (Å²) in [5.41, 5.74) is 19.7. The lowest BCUT2D eigenvalue weighted by Gasteiger charge is -2.62. The minimum Gasteiger partial charge on any atom is -0.379 e. The summed E-state index contributed by atoms with van der Waals surface area (Å²) in [4.78, 5) is 12.5. The molecular weight excluding hydrogens is 1050 g/mol. The van der Waals surface area contributed by atoms with Gasteiger partial charge in [0.15, 0.2) is 11.2 Å². The van der Waals surface area contributed by atoms with Gasteiger partial charge in [-0.3, -0.25) is 19.6 Å². The SMILES string of the molecule is C1CN([C@@]23C4=C5C6=C7C48OC84c8c2c2c9c3c3c%10c%11c(c%12c%13c%14c(c%15c%16c%17c(c4c4c8c8c2c2c%18c9c%10c9c%10c%11c%13c%11c%13c%14c%16c%14c%16c%17c4c4c8c2c2c(c4%16)c(c%14%13)c(c%10%11)c2c%189)[C@]7%15N2CCOCC2)[C@]6%12N2CCOCC2)[C@]53N2CCOCC2)CCO1. The summed E-state index contributed by atoms with van der Waals surface area (Å²) in [7, 11) is 0. The highest BCUT2D eigenvalue weighted by molar-refractivity contribution is 6.77. The maximum absolute atomic E-state index is 9.24. The van der Waals surface area contributed by atoms with Crippen molar-refractivity contribution in [1.29, 1.82) is 0 Å². The molecule has 5 aliphatic heterocycles. The van der Waals surface area contributed by atoms with Crippen LogP contribution in [0.25, 0.3) is 215 Å². The molecule has 0 amide bonds. The number of epoxide rings is 1. The molecule has 0 bridgehead atoms. The van der Waals surface area contributed by atoms with Crippen LogP contribution in [0, 0.1) is 0 Å². The van der Waals surface area contributed by atoms with Crippen LogP contribution in [0.3, 0.4) is 0 Å². The van der Waals surface area contributed by atoms with Crippen molar-refractivity contribution in [3.63, 3.8) is 0 Å². The van der Waals surface area contributed by atoms with Gasteiger partial charge in [0.2, 0.25) is 0 Å². The zero-order chi connectivity index (χ0) is 51.3. The molecule has 11 aliphatic carbocycles. The largest absolute Gasteiger partial charge is 0.379 e. The highest BCUT2D eigenvalue weighted by Crippen LogP contribution is 2.96. The Morgan fingerprint density at radius 1 is 0.188 bits per heavy atom. The summed E-state index contributed by atoms with van der Waals surface area (Å²) in [6.07, 6.45) is 0. The van der Waals surface area contributed by atoms with E-state index in [1.165, 1.54) is 0 Å². The summed E-state index contributed by atoms with van der Waals surface area (Å²) in [5, 5.41) is 65.5. The topological polar surface area (TPSA) is 62.4 Å². The van der Waals surface area contributed by atoms with E-state index in [0.29, 0.717) is 0 Å². The molecule has 0 aromatic heterocycles. The summed E-state index contributed by atoms with van der Waals surface area (Å²) in [6.45, 7) is 13.1. The number of nitrogens with zero attached hydrogens (tertiary/aromatic N) is 4. The molecular formula is C76H32N4O5. The summed E-state index contributed by atoms with van der Waals surface area (Å²) >= 11 is 0. The normalized spacial score (nSPS) is 34.3. The maximum atomic E-state index is 9.24. The van der Waals surface area contributed by atoms with E-state index in [-0.39, 0.29) is 0 Å². The van der Waals surface area contributed by atoms with Crippen LogP contribution < -0.4 is 0 Å². The van der Waals surface area contributed by atoms with Gasteiger partial charge >= 0.3 is 0 Å². The van der Waals surface area contributed by atoms with E-state index in [2.05, 4.69) is 19.6 Å². The Labute approximate surface area is 472 Å². The minimum atomic E-state index is -0.733. The van der Waals surface area contributed by atoms with Crippen molar-refractivity contribution in [2.24, 2.45) is 0 Å². The zero-order valence-corrected chi connectivity index (χ0v) is 45.1. The molecule has 9 nitrogen and oxygen atoms in total. The first-order valence-corrected chi connectivity index (χ1v) is 32.6. The van der Waals surface area contributed by atoms with Crippen molar-refractivity contribution in [1.82, 2.24) is 19.6 Å². The van der Waals surface area contributed by atoms with Crippen LogP contribution in [0.2, 0.25) is 0 Å². The van der Waals surface area contributed by atoms with Crippen LogP contribution in [0.5, 0.6) is 0 Å². The van der Waals surface area contributed by atoms with Crippen LogP contribution in [-0.4, -0.2) is 130 Å². The minimum absolute atomic E-state index is 0.576. The van der Waals surface area contributed by atoms with E-state index in [0.717, 1.165) is 105 Å². The summed E-state index contributed by atoms with van der Waals surface area (Å²) in [6, 6.07) is 0. The lowest BCUT2D eigenvalue weighted by Crippen LogP contribution is -2.65. The second-order valence-corrected chi connectivity index (χ2v) is 31.0. The van der Waals surface area contributed by atoms with Crippen molar-refractivity contribution in [2.45, 2.75) is 33.4 Å². The van der Waals surface area contributed by atoms with Gasteiger partial charge in [0.25, 0.3) is 0 Å². The average Bonchev–Trinajstić information content (AvgIpc) is 1.36. The second kappa shape index (κ2) is 8.76. The first kappa shape index (κ1) is 35.9. The fourth-order valence-electron chi connectivity index (χ4n) is 30.4. The fourth-order valence-corrected chi connectivity index (χ4v) is 30.4. The number of morpholine rings is 4. The van der Waals surface area contributed by atoms with Crippen molar-refractivity contribution in [2.75, 3.05) is 105 Å². The number of rotatable bonds is 4. The molecule has 5 saturated heterocycles. The van der Waals surface area contributed by atoms with Crippen molar-refractivity contribution < 1.29 is 23.7 Å². The third-order valence-electron chi connectivity index (χ3n) is 30.7. The van der Waals surface area contributed by atoms with Crippen molar-refractivity contribution >= 4 is 215 Å². The van der Waals surface area contributed by atoms with E-state index < -0.39 is 33.4 Å². The zero-order valence-electron chi connectivity index (χ0n) is 45.1. The van der Waals surface area contributed by atoms with Gasteiger partial charge in [0, 0.05) is 74.6 Å². The van der Waals surface area contributed by atoms with Crippen molar-refractivity contribution in [3.8, 4) is 0 Å². The van der Waals surface area contributed by atoms with Gasteiger partial charge < -0.3 is 23.7 Å². The molecule has 5 heterocycles. The average molecular weight is 1080 g/mol. The smallest absolute Gasteiger partial charge is 0.159 e. The molecule has 0 N–H and O–H groups in total. The van der Waals surface area contributed by atoms with Gasteiger partial charge in [-0.15, -0.1) is 0 Å². The Kier molecular flexibility index (Phi) is 3.70. The Bertz CT molecular complexity index is 6980. The van der Waals surface area contributed by atoms with Gasteiger partial charge in [0.1, 0.15) is 0 Å². The Morgan fingerprint density at radius 2 is 0.365 bits per heavy atom. The number of hydrogen-bond acceptors (Lipinski definition) is 9. The van der Waals surface area contributed by atoms with E-state index >= 15 is 0 Å². The van der Waals surface area contributed by atoms with Crippen LogP contribution in [0.4, 0.5) is 0 Å². The van der Waals surface area contributed by atoms with E-state index in [1.807, 2.05) is 0 Å². The molecule has 85 heavy (non-hydrogen) atoms. The van der Waals surface area contributed by atoms with E-state index in [4.69, 9.17) is 18.9 Å². The van der Waals surface area contributed by atoms with Gasteiger partial charge in [-0.05, 0) is 271 Å². The molecule has 0 radical (unpaired) electrons. The molecule has 16 aliphatic rings. The second-order valence-electron chi connectivity index (χ2n) is 31.0. The molecule has 9 heteroatoms. The molecule has 2 spiro atoms. The van der Waals surface area contributed by atoms with Gasteiger partial charge in [-0.25, -0.2) is 0 Å².